The van der Waals surface area contributed by atoms with E-state index >= 15 is 0 Å². The molecule has 0 unspecified atom stereocenters. The minimum absolute atomic E-state index is 0.135. The summed E-state index contributed by atoms with van der Waals surface area (Å²) in [6.07, 6.45) is 0. The lowest BCUT2D eigenvalue weighted by Gasteiger charge is -2.24. The Morgan fingerprint density at radius 3 is 2.31 bits per heavy atom. The molecule has 1 rings (SSSR count). The molecule has 0 atom stereocenters. The highest BCUT2D eigenvalue weighted by molar-refractivity contribution is 5.99. The predicted octanol–water partition coefficient (Wildman–Crippen LogP) is 0.565. The van der Waals surface area contributed by atoms with E-state index in [1.165, 1.54) is 18.2 Å². The molecule has 5 heteroatoms. The van der Waals surface area contributed by atoms with Crippen LogP contribution in [0.1, 0.15) is 24.2 Å². The number of nitrogens with two attached hydrogens (primary N) is 1. The van der Waals surface area contributed by atoms with Crippen LogP contribution in [-0.2, 0) is 0 Å². The van der Waals surface area contributed by atoms with Gasteiger partial charge in [0.25, 0.3) is 5.91 Å². The second-order valence-corrected chi connectivity index (χ2v) is 4.21. The first-order valence-electron chi connectivity index (χ1n) is 4.91. The number of nitrogens with one attached hydrogen (secondary N) is 1. The van der Waals surface area contributed by atoms with Crippen molar-refractivity contribution in [2.24, 2.45) is 5.73 Å². The lowest BCUT2D eigenvalue weighted by atomic mass is 10.0. The standard InChI is InChI=1S/C11H16N2O3/c1-11(2,6-12)13-10(16)9-7(14)4-3-5-8(9)15/h3-5,14-15H,6,12H2,1-2H3,(H,13,16). The summed E-state index contributed by atoms with van der Waals surface area (Å²) in [5, 5.41) is 21.6. The molecule has 1 amide bonds. The van der Waals surface area contributed by atoms with E-state index in [-0.39, 0.29) is 23.6 Å². The van der Waals surface area contributed by atoms with Crippen LogP contribution in [0.3, 0.4) is 0 Å². The van der Waals surface area contributed by atoms with Gasteiger partial charge in [-0.15, -0.1) is 0 Å². The predicted molar refractivity (Wildman–Crippen MR) is 60.4 cm³/mol. The molecular weight excluding hydrogens is 208 g/mol. The van der Waals surface area contributed by atoms with Gasteiger partial charge in [-0.05, 0) is 26.0 Å². The van der Waals surface area contributed by atoms with Crippen LogP contribution in [0.4, 0.5) is 0 Å². The van der Waals surface area contributed by atoms with Crippen molar-refractivity contribution in [3.8, 4) is 11.5 Å². The molecule has 0 saturated heterocycles. The second-order valence-electron chi connectivity index (χ2n) is 4.21. The van der Waals surface area contributed by atoms with Crippen LogP contribution in [0.25, 0.3) is 0 Å². The number of carbonyl (C=O) groups excluding carboxylic acids is 1. The highest BCUT2D eigenvalue weighted by atomic mass is 16.3. The SMILES string of the molecule is CC(C)(CN)NC(=O)c1c(O)cccc1O. The highest BCUT2D eigenvalue weighted by Gasteiger charge is 2.23. The summed E-state index contributed by atoms with van der Waals surface area (Å²) in [6.45, 7) is 3.76. The van der Waals surface area contributed by atoms with Gasteiger partial charge < -0.3 is 21.3 Å². The maximum atomic E-state index is 11.8. The molecule has 1 aromatic rings. The Hall–Kier alpha value is -1.75. The van der Waals surface area contributed by atoms with Gasteiger partial charge in [0.2, 0.25) is 0 Å². The van der Waals surface area contributed by atoms with Crippen LogP contribution in [0.15, 0.2) is 18.2 Å². The number of carbonyl (C=O) groups is 1. The zero-order chi connectivity index (χ0) is 12.3. The van der Waals surface area contributed by atoms with Crippen molar-refractivity contribution in [3.05, 3.63) is 23.8 Å². The van der Waals surface area contributed by atoms with Crippen molar-refractivity contribution < 1.29 is 15.0 Å². The second kappa shape index (κ2) is 4.40. The van der Waals surface area contributed by atoms with Gasteiger partial charge in [-0.2, -0.15) is 0 Å². The molecule has 88 valence electrons. The van der Waals surface area contributed by atoms with E-state index in [0.29, 0.717) is 0 Å². The number of benzene rings is 1. The van der Waals surface area contributed by atoms with Gasteiger partial charge in [-0.25, -0.2) is 0 Å². The molecule has 1 aromatic carbocycles. The van der Waals surface area contributed by atoms with E-state index < -0.39 is 11.4 Å². The van der Waals surface area contributed by atoms with Gasteiger partial charge in [0, 0.05) is 12.1 Å². The fourth-order valence-electron chi connectivity index (χ4n) is 1.18. The smallest absolute Gasteiger partial charge is 0.259 e. The zero-order valence-electron chi connectivity index (χ0n) is 9.32. The number of phenolic OH excluding ortho intramolecular Hbond substituents is 2. The Morgan fingerprint density at radius 1 is 1.38 bits per heavy atom. The van der Waals surface area contributed by atoms with E-state index in [9.17, 15) is 15.0 Å². The summed E-state index contributed by atoms with van der Waals surface area (Å²) in [5.74, 6) is -1.07. The molecule has 0 saturated carbocycles. The summed E-state index contributed by atoms with van der Waals surface area (Å²) in [7, 11) is 0. The summed E-state index contributed by atoms with van der Waals surface area (Å²) in [4.78, 5) is 11.8. The first kappa shape index (κ1) is 12.3. The fourth-order valence-corrected chi connectivity index (χ4v) is 1.18. The molecule has 5 N–H and O–H groups in total. The van der Waals surface area contributed by atoms with Gasteiger partial charge in [0.05, 0.1) is 0 Å². The van der Waals surface area contributed by atoms with Gasteiger partial charge >= 0.3 is 0 Å². The van der Waals surface area contributed by atoms with E-state index in [4.69, 9.17) is 5.73 Å². The quantitative estimate of drug-likeness (QED) is 0.603. The summed E-state index contributed by atoms with van der Waals surface area (Å²) in [6, 6.07) is 4.13. The maximum Gasteiger partial charge on any atom is 0.259 e. The fraction of sp³-hybridized carbons (Fsp3) is 0.364. The van der Waals surface area contributed by atoms with Crippen molar-refractivity contribution >= 4 is 5.91 Å². The van der Waals surface area contributed by atoms with Gasteiger partial charge in [0.15, 0.2) is 0 Å². The Kier molecular flexibility index (Phi) is 3.39. The average molecular weight is 224 g/mol. The van der Waals surface area contributed by atoms with E-state index in [1.54, 1.807) is 13.8 Å². The van der Waals surface area contributed by atoms with Crippen molar-refractivity contribution in [2.45, 2.75) is 19.4 Å². The lowest BCUT2D eigenvalue weighted by molar-refractivity contribution is 0.0910. The van der Waals surface area contributed by atoms with Gasteiger partial charge in [-0.3, -0.25) is 4.79 Å². The van der Waals surface area contributed by atoms with Gasteiger partial charge in [0.1, 0.15) is 17.1 Å². The molecule has 0 aliphatic rings. The number of phenols is 2. The number of hydrogen-bond donors (Lipinski definition) is 4. The molecular formula is C11H16N2O3. The molecule has 0 aromatic heterocycles. The number of rotatable bonds is 3. The molecule has 0 aliphatic heterocycles. The van der Waals surface area contributed by atoms with Crippen LogP contribution >= 0.6 is 0 Å². The van der Waals surface area contributed by atoms with Crippen LogP contribution < -0.4 is 11.1 Å². The number of amides is 1. The van der Waals surface area contributed by atoms with E-state index in [1.807, 2.05) is 0 Å². The van der Waals surface area contributed by atoms with Crippen molar-refractivity contribution in [2.75, 3.05) is 6.54 Å². The summed E-state index contributed by atoms with van der Waals surface area (Å²) < 4.78 is 0. The monoisotopic (exact) mass is 224 g/mol. The first-order chi connectivity index (χ1) is 7.37. The molecule has 5 nitrogen and oxygen atoms in total. The summed E-state index contributed by atoms with van der Waals surface area (Å²) >= 11 is 0. The average Bonchev–Trinajstić information content (AvgIpc) is 2.16. The molecule has 0 radical (unpaired) electrons. The van der Waals surface area contributed by atoms with Crippen LogP contribution in [-0.4, -0.2) is 28.2 Å². The van der Waals surface area contributed by atoms with Crippen LogP contribution in [0.2, 0.25) is 0 Å². The third kappa shape index (κ3) is 2.64. The van der Waals surface area contributed by atoms with Crippen molar-refractivity contribution in [3.63, 3.8) is 0 Å². The molecule has 0 aliphatic carbocycles. The minimum Gasteiger partial charge on any atom is -0.507 e. The molecule has 0 fully saturated rings. The van der Waals surface area contributed by atoms with Gasteiger partial charge in [-0.1, -0.05) is 6.07 Å². The van der Waals surface area contributed by atoms with Crippen molar-refractivity contribution in [1.82, 2.24) is 5.32 Å². The first-order valence-corrected chi connectivity index (χ1v) is 4.91. The Balaban J connectivity index is 2.98. The van der Waals surface area contributed by atoms with Crippen molar-refractivity contribution in [1.29, 1.82) is 0 Å². The summed E-state index contributed by atoms with van der Waals surface area (Å²) in [5.41, 5.74) is 4.74. The van der Waals surface area contributed by atoms with Crippen LogP contribution in [0.5, 0.6) is 11.5 Å². The highest BCUT2D eigenvalue weighted by Crippen LogP contribution is 2.26. The van der Waals surface area contributed by atoms with E-state index in [0.717, 1.165) is 0 Å². The third-order valence-electron chi connectivity index (χ3n) is 2.21. The lowest BCUT2D eigenvalue weighted by Crippen LogP contribution is -2.48. The minimum atomic E-state index is -0.591. The van der Waals surface area contributed by atoms with E-state index in [2.05, 4.69) is 5.32 Å². The Bertz CT molecular complexity index is 382. The number of hydrogen-bond acceptors (Lipinski definition) is 4. The number of aromatic hydroxyl groups is 2. The topological polar surface area (TPSA) is 95.6 Å². The normalized spacial score (nSPS) is 11.2. The maximum absolute atomic E-state index is 11.8. The van der Waals surface area contributed by atoms with Crippen LogP contribution in [0, 0.1) is 0 Å². The third-order valence-corrected chi connectivity index (χ3v) is 2.21. The zero-order valence-corrected chi connectivity index (χ0v) is 9.32. The molecule has 0 spiro atoms. The Labute approximate surface area is 93.9 Å². The molecule has 16 heavy (non-hydrogen) atoms. The largest absolute Gasteiger partial charge is 0.507 e. The molecule has 0 bridgehead atoms. The Morgan fingerprint density at radius 2 is 1.88 bits per heavy atom. The molecule has 0 heterocycles.